The summed E-state index contributed by atoms with van der Waals surface area (Å²) in [6.07, 6.45) is 5.21. The van der Waals surface area contributed by atoms with Crippen molar-refractivity contribution in [3.05, 3.63) is 48.0 Å². The second kappa shape index (κ2) is 4.50. The minimum absolute atomic E-state index is 0.627. The molecule has 0 bridgehead atoms. The molecular formula is C11H12N4. The first-order valence-electron chi connectivity index (χ1n) is 4.77. The van der Waals surface area contributed by atoms with Crippen molar-refractivity contribution < 1.29 is 0 Å². The van der Waals surface area contributed by atoms with Crippen molar-refractivity contribution in [3.8, 4) is 0 Å². The van der Waals surface area contributed by atoms with E-state index in [1.165, 1.54) is 5.56 Å². The van der Waals surface area contributed by atoms with Crippen LogP contribution in [0.5, 0.6) is 0 Å². The molecule has 2 rings (SSSR count). The molecule has 2 aromatic rings. The van der Waals surface area contributed by atoms with Crippen molar-refractivity contribution in [2.24, 2.45) is 0 Å². The van der Waals surface area contributed by atoms with E-state index >= 15 is 0 Å². The highest BCUT2D eigenvalue weighted by molar-refractivity contribution is 5.26. The van der Waals surface area contributed by atoms with Crippen LogP contribution in [0.4, 0.5) is 5.95 Å². The Hall–Kier alpha value is -1.97. The molecule has 0 saturated heterocycles. The van der Waals surface area contributed by atoms with Gasteiger partial charge in [0.25, 0.3) is 0 Å². The maximum Gasteiger partial charge on any atom is 0.222 e. The van der Waals surface area contributed by atoms with Crippen LogP contribution < -0.4 is 5.32 Å². The van der Waals surface area contributed by atoms with E-state index in [1.807, 2.05) is 19.1 Å². The third kappa shape index (κ3) is 2.49. The lowest BCUT2D eigenvalue weighted by Gasteiger charge is -2.05. The van der Waals surface area contributed by atoms with Crippen molar-refractivity contribution in [1.29, 1.82) is 0 Å². The van der Waals surface area contributed by atoms with Gasteiger partial charge in [-0.15, -0.1) is 0 Å². The molecule has 0 amide bonds. The monoisotopic (exact) mass is 200 g/mol. The zero-order valence-electron chi connectivity index (χ0n) is 8.51. The van der Waals surface area contributed by atoms with Gasteiger partial charge in [-0.1, -0.05) is 6.07 Å². The number of aryl methyl sites for hydroxylation is 1. The van der Waals surface area contributed by atoms with Crippen LogP contribution in [-0.4, -0.2) is 15.0 Å². The fourth-order valence-electron chi connectivity index (χ4n) is 1.26. The van der Waals surface area contributed by atoms with Crippen LogP contribution >= 0.6 is 0 Å². The summed E-state index contributed by atoms with van der Waals surface area (Å²) in [5, 5.41) is 3.12. The number of nitrogens with zero attached hydrogens (tertiary/aromatic N) is 3. The zero-order chi connectivity index (χ0) is 10.5. The van der Waals surface area contributed by atoms with Gasteiger partial charge in [0, 0.05) is 18.6 Å². The van der Waals surface area contributed by atoms with Crippen molar-refractivity contribution in [2.45, 2.75) is 13.5 Å². The summed E-state index contributed by atoms with van der Waals surface area (Å²) < 4.78 is 0. The first-order valence-corrected chi connectivity index (χ1v) is 4.77. The minimum atomic E-state index is 0.627. The number of hydrogen-bond acceptors (Lipinski definition) is 4. The molecule has 4 nitrogen and oxygen atoms in total. The molecule has 0 saturated carbocycles. The summed E-state index contributed by atoms with van der Waals surface area (Å²) in [6, 6.07) is 5.75. The fourth-order valence-corrected chi connectivity index (χ4v) is 1.26. The molecule has 0 radical (unpaired) electrons. The molecule has 0 aliphatic carbocycles. The number of pyridine rings is 1. The molecule has 2 heterocycles. The van der Waals surface area contributed by atoms with Crippen LogP contribution in [0.1, 0.15) is 11.3 Å². The molecule has 0 atom stereocenters. The molecule has 2 aromatic heterocycles. The summed E-state index contributed by atoms with van der Waals surface area (Å²) in [7, 11) is 0. The van der Waals surface area contributed by atoms with Gasteiger partial charge in [-0.25, -0.2) is 9.97 Å². The summed E-state index contributed by atoms with van der Waals surface area (Å²) in [5.41, 5.74) is 2.19. The zero-order valence-corrected chi connectivity index (χ0v) is 8.51. The van der Waals surface area contributed by atoms with Crippen molar-refractivity contribution in [2.75, 3.05) is 5.32 Å². The summed E-state index contributed by atoms with van der Waals surface area (Å²) in [4.78, 5) is 12.4. The Morgan fingerprint density at radius 1 is 1.07 bits per heavy atom. The molecule has 0 aliphatic rings. The molecule has 1 N–H and O–H groups in total. The number of anilines is 1. The topological polar surface area (TPSA) is 50.7 Å². The lowest BCUT2D eigenvalue weighted by atomic mass is 10.2. The van der Waals surface area contributed by atoms with Gasteiger partial charge in [-0.05, 0) is 24.6 Å². The van der Waals surface area contributed by atoms with Gasteiger partial charge < -0.3 is 5.32 Å². The second-order valence-corrected chi connectivity index (χ2v) is 3.19. The third-order valence-corrected chi connectivity index (χ3v) is 2.10. The third-order valence-electron chi connectivity index (χ3n) is 2.10. The van der Waals surface area contributed by atoms with E-state index in [1.54, 1.807) is 24.7 Å². The van der Waals surface area contributed by atoms with Gasteiger partial charge in [-0.2, -0.15) is 0 Å². The van der Waals surface area contributed by atoms with E-state index < -0.39 is 0 Å². The minimum Gasteiger partial charge on any atom is -0.349 e. The van der Waals surface area contributed by atoms with Crippen LogP contribution in [0.2, 0.25) is 0 Å². The van der Waals surface area contributed by atoms with E-state index in [0.29, 0.717) is 12.5 Å². The van der Waals surface area contributed by atoms with Gasteiger partial charge in [-0.3, -0.25) is 4.98 Å². The number of rotatable bonds is 3. The first kappa shape index (κ1) is 9.58. The Kier molecular flexibility index (Phi) is 2.88. The predicted octanol–water partition coefficient (Wildman–Crippen LogP) is 1.79. The number of hydrogen-bond donors (Lipinski definition) is 1. The summed E-state index contributed by atoms with van der Waals surface area (Å²) in [5.74, 6) is 0.627. The fraction of sp³-hybridized carbons (Fsp3) is 0.182. The predicted molar refractivity (Wildman–Crippen MR) is 58.3 cm³/mol. The van der Waals surface area contributed by atoms with Crippen LogP contribution in [-0.2, 0) is 6.54 Å². The lowest BCUT2D eigenvalue weighted by molar-refractivity contribution is 0.983. The van der Waals surface area contributed by atoms with Crippen LogP contribution in [0.3, 0.4) is 0 Å². The van der Waals surface area contributed by atoms with Gasteiger partial charge in [0.05, 0.1) is 12.2 Å². The Morgan fingerprint density at radius 3 is 2.53 bits per heavy atom. The molecule has 0 spiro atoms. The standard InChI is InChI=1S/C11H12N4/c1-9-4-2-5-12-10(9)8-15-11-13-6-3-7-14-11/h2-7H,8H2,1H3,(H,13,14,15). The highest BCUT2D eigenvalue weighted by Crippen LogP contribution is 2.05. The summed E-state index contributed by atoms with van der Waals surface area (Å²) in [6.45, 7) is 2.69. The average molecular weight is 200 g/mol. The molecule has 15 heavy (non-hydrogen) atoms. The highest BCUT2D eigenvalue weighted by atomic mass is 15.1. The normalized spacial score (nSPS) is 9.93. The molecule has 0 unspecified atom stereocenters. The highest BCUT2D eigenvalue weighted by Gasteiger charge is 1.99. The van der Waals surface area contributed by atoms with E-state index in [-0.39, 0.29) is 0 Å². The van der Waals surface area contributed by atoms with E-state index in [2.05, 4.69) is 20.3 Å². The second-order valence-electron chi connectivity index (χ2n) is 3.19. The number of nitrogens with one attached hydrogen (secondary N) is 1. The molecule has 4 heteroatoms. The van der Waals surface area contributed by atoms with Crippen LogP contribution in [0.25, 0.3) is 0 Å². The molecule has 0 aromatic carbocycles. The Bertz CT molecular complexity index is 428. The Balaban J connectivity index is 2.03. The van der Waals surface area contributed by atoms with E-state index in [4.69, 9.17) is 0 Å². The molecule has 0 aliphatic heterocycles. The first-order chi connectivity index (χ1) is 7.36. The SMILES string of the molecule is Cc1cccnc1CNc1ncccn1. The van der Waals surface area contributed by atoms with Crippen molar-refractivity contribution in [3.63, 3.8) is 0 Å². The maximum absolute atomic E-state index is 4.28. The average Bonchev–Trinajstić information content (AvgIpc) is 2.29. The summed E-state index contributed by atoms with van der Waals surface area (Å²) >= 11 is 0. The Morgan fingerprint density at radius 2 is 1.80 bits per heavy atom. The largest absolute Gasteiger partial charge is 0.349 e. The van der Waals surface area contributed by atoms with Gasteiger partial charge in [0.15, 0.2) is 0 Å². The number of aromatic nitrogens is 3. The van der Waals surface area contributed by atoms with Gasteiger partial charge in [0.2, 0.25) is 5.95 Å². The van der Waals surface area contributed by atoms with Gasteiger partial charge >= 0.3 is 0 Å². The Labute approximate surface area is 88.4 Å². The van der Waals surface area contributed by atoms with E-state index in [9.17, 15) is 0 Å². The smallest absolute Gasteiger partial charge is 0.222 e. The molecule has 76 valence electrons. The van der Waals surface area contributed by atoms with Crippen LogP contribution in [0, 0.1) is 6.92 Å². The van der Waals surface area contributed by atoms with E-state index in [0.717, 1.165) is 5.69 Å². The maximum atomic E-state index is 4.28. The molecular weight excluding hydrogens is 188 g/mol. The van der Waals surface area contributed by atoms with Crippen molar-refractivity contribution >= 4 is 5.95 Å². The molecule has 0 fully saturated rings. The lowest BCUT2D eigenvalue weighted by Crippen LogP contribution is -2.05. The van der Waals surface area contributed by atoms with Gasteiger partial charge in [0.1, 0.15) is 0 Å². The quantitative estimate of drug-likeness (QED) is 0.820. The van der Waals surface area contributed by atoms with Crippen molar-refractivity contribution in [1.82, 2.24) is 15.0 Å². The van der Waals surface area contributed by atoms with Crippen LogP contribution in [0.15, 0.2) is 36.8 Å².